The SMILES string of the molecule is CNC(=O)c1c(-c2ccc(Oc3ccc(F)cc3)nc2)oc2cc(N)c(Br)cc12.CNC(=O)c1c(-c2ccc(Oc3ccc(F)cc3)nc2)oc2cc(NS(C)(=O)=O)c(Br)cc12.CS(=O)(=O)Cl. The van der Waals surface area contributed by atoms with Crippen LogP contribution < -0.4 is 30.6 Å². The van der Waals surface area contributed by atoms with Crippen LogP contribution in [0.25, 0.3) is 44.6 Å². The lowest BCUT2D eigenvalue weighted by Crippen LogP contribution is -2.18. The van der Waals surface area contributed by atoms with Crippen molar-refractivity contribution >= 4 is 107 Å². The third-order valence-electron chi connectivity index (χ3n) is 8.86. The Morgan fingerprint density at radius 3 is 1.43 bits per heavy atom. The monoisotopic (exact) mass is 1100 g/mol. The van der Waals surface area contributed by atoms with Crippen LogP contribution >= 0.6 is 42.5 Å². The van der Waals surface area contributed by atoms with E-state index in [9.17, 15) is 35.2 Å². The minimum Gasteiger partial charge on any atom is -0.455 e. The summed E-state index contributed by atoms with van der Waals surface area (Å²) in [6.45, 7) is 0. The molecule has 0 unspecified atom stereocenters. The summed E-state index contributed by atoms with van der Waals surface area (Å²) in [6, 6.07) is 24.3. The number of aromatic nitrogens is 2. The fourth-order valence-electron chi connectivity index (χ4n) is 6.03. The third kappa shape index (κ3) is 13.1. The highest BCUT2D eigenvalue weighted by Gasteiger charge is 2.25. The van der Waals surface area contributed by atoms with Gasteiger partial charge in [-0.15, -0.1) is 0 Å². The quantitative estimate of drug-likeness (QED) is 0.0738. The fourth-order valence-corrected chi connectivity index (χ4v) is 7.52. The zero-order valence-electron chi connectivity index (χ0n) is 35.2. The maximum Gasteiger partial charge on any atom is 0.255 e. The van der Waals surface area contributed by atoms with Crippen LogP contribution in [0, 0.1) is 11.6 Å². The van der Waals surface area contributed by atoms with Gasteiger partial charge in [0.15, 0.2) is 0 Å². The topological polar surface area (TPSA) is 235 Å². The largest absolute Gasteiger partial charge is 0.455 e. The van der Waals surface area contributed by atoms with Crippen molar-refractivity contribution < 1.29 is 53.5 Å². The molecule has 8 aromatic rings. The molecule has 0 radical (unpaired) electrons. The lowest BCUT2D eigenvalue weighted by atomic mass is 10.1. The number of ether oxygens (including phenoxy) is 2. The third-order valence-corrected chi connectivity index (χ3v) is 10.8. The summed E-state index contributed by atoms with van der Waals surface area (Å²) in [6.07, 6.45) is 4.98. The van der Waals surface area contributed by atoms with E-state index in [1.165, 1.54) is 67.8 Å². The molecule has 4 aromatic carbocycles. The van der Waals surface area contributed by atoms with Crippen molar-refractivity contribution in [1.82, 2.24) is 20.6 Å². The Morgan fingerprint density at radius 1 is 0.657 bits per heavy atom. The molecule has 0 saturated heterocycles. The number of halogens is 5. The number of benzene rings is 4. The first kappa shape index (κ1) is 49.8. The zero-order chi connectivity index (χ0) is 48.8. The molecule has 0 saturated carbocycles. The van der Waals surface area contributed by atoms with E-state index in [-0.39, 0.29) is 46.3 Å². The molecular weight excluding hydrogens is 1070 g/mol. The van der Waals surface area contributed by atoms with E-state index in [1.54, 1.807) is 55.7 Å². The summed E-state index contributed by atoms with van der Waals surface area (Å²) >= 11 is 6.72. The number of hydrogen-bond acceptors (Lipinski definition) is 13. The van der Waals surface area contributed by atoms with Gasteiger partial charge in [-0.05, 0) is 105 Å². The Balaban J connectivity index is 0.000000202. The fraction of sp³-hybridized carbons (Fsp3) is 0.0909. The molecule has 0 aliphatic heterocycles. The van der Waals surface area contributed by atoms with Gasteiger partial charge in [0.1, 0.15) is 45.8 Å². The normalized spacial score (nSPS) is 11.2. The van der Waals surface area contributed by atoms with Crippen molar-refractivity contribution in [3.63, 3.8) is 0 Å². The molecule has 2 amide bonds. The average molecular weight is 1110 g/mol. The molecule has 0 atom stereocenters. The lowest BCUT2D eigenvalue weighted by Gasteiger charge is -2.07. The number of pyridine rings is 2. The number of anilines is 2. The van der Waals surface area contributed by atoms with Crippen LogP contribution in [0.3, 0.4) is 0 Å². The smallest absolute Gasteiger partial charge is 0.255 e. The number of rotatable bonds is 10. The first-order chi connectivity index (χ1) is 31.6. The first-order valence-corrected chi connectivity index (χ1v) is 25.2. The van der Waals surface area contributed by atoms with Crippen LogP contribution in [-0.2, 0) is 19.1 Å². The summed E-state index contributed by atoms with van der Waals surface area (Å²) in [7, 11) is 0.833. The zero-order valence-corrected chi connectivity index (χ0v) is 40.7. The van der Waals surface area contributed by atoms with Gasteiger partial charge in [0.25, 0.3) is 11.8 Å². The number of nitrogens with zero attached hydrogens (tertiary/aromatic N) is 2. The highest BCUT2D eigenvalue weighted by molar-refractivity contribution is 9.11. The maximum atomic E-state index is 13.1. The van der Waals surface area contributed by atoms with Crippen LogP contribution in [0.5, 0.6) is 23.3 Å². The van der Waals surface area contributed by atoms with Gasteiger partial charge in [-0.2, -0.15) is 0 Å². The number of nitrogen functional groups attached to an aromatic ring is 1. The van der Waals surface area contributed by atoms with E-state index in [0.717, 1.165) is 12.5 Å². The molecule has 8 rings (SSSR count). The van der Waals surface area contributed by atoms with Crippen molar-refractivity contribution in [3.8, 4) is 45.9 Å². The number of carbonyl (C=O) groups is 2. The second-order valence-corrected chi connectivity index (χ2v) is 20.4. The number of furan rings is 2. The Bertz CT molecular complexity index is 3340. The molecule has 348 valence electrons. The summed E-state index contributed by atoms with van der Waals surface area (Å²) in [5.41, 5.74) is 9.27. The number of nitrogens with one attached hydrogen (secondary N) is 3. The van der Waals surface area contributed by atoms with Gasteiger partial charge in [0, 0.05) is 98.0 Å². The molecule has 0 aliphatic rings. The van der Waals surface area contributed by atoms with Crippen molar-refractivity contribution in [2.45, 2.75) is 0 Å². The average Bonchev–Trinajstić information content (AvgIpc) is 3.82. The molecular formula is C44H35Br2ClF2N6O10S2. The van der Waals surface area contributed by atoms with Crippen LogP contribution in [0.4, 0.5) is 20.2 Å². The standard InChI is InChI=1S/C22H17BrFN3O5S.C21H15BrFN3O3.CH3ClO2S/c1-25-22(28)20-15-9-16(23)17(27-33(2,29)30)10-18(15)32-21(20)12-3-8-19(26-11-12)31-14-6-4-13(24)5-7-14;1-25-21(27)19-14-8-15(22)16(24)9-17(14)29-20(19)11-2-7-18(26-10-11)28-13-5-3-12(23)4-6-13;1-5(2,3)4/h3-11,27H,1-2H3,(H,25,28);2-10H,24H2,1H3,(H,25,27);1H3. The minimum absolute atomic E-state index is 0.258. The highest BCUT2D eigenvalue weighted by atomic mass is 79.9. The van der Waals surface area contributed by atoms with Gasteiger partial charge in [-0.25, -0.2) is 35.6 Å². The van der Waals surface area contributed by atoms with Crippen LogP contribution in [0.15, 0.2) is 127 Å². The van der Waals surface area contributed by atoms with E-state index in [2.05, 4.69) is 67.9 Å². The van der Waals surface area contributed by atoms with Crippen LogP contribution in [0.2, 0.25) is 0 Å². The van der Waals surface area contributed by atoms with E-state index in [4.69, 9.17) is 24.0 Å². The molecule has 0 aliphatic carbocycles. The Morgan fingerprint density at radius 2 is 1.06 bits per heavy atom. The summed E-state index contributed by atoms with van der Waals surface area (Å²) in [5, 5.41) is 6.34. The predicted octanol–water partition coefficient (Wildman–Crippen LogP) is 10.2. The summed E-state index contributed by atoms with van der Waals surface area (Å²) < 4.78 is 94.8. The molecule has 0 fully saturated rings. The molecule has 0 bridgehead atoms. The summed E-state index contributed by atoms with van der Waals surface area (Å²) in [4.78, 5) is 33.7. The van der Waals surface area contributed by atoms with Gasteiger partial charge in [-0.1, -0.05) is 0 Å². The second-order valence-electron chi connectivity index (χ2n) is 13.9. The van der Waals surface area contributed by atoms with Gasteiger partial charge in [0.05, 0.1) is 29.3 Å². The molecule has 0 spiro atoms. The Labute approximate surface area is 402 Å². The first-order valence-electron chi connectivity index (χ1n) is 19.0. The Hall–Kier alpha value is -6.59. The van der Waals surface area contributed by atoms with E-state index < -0.39 is 19.1 Å². The molecule has 4 aromatic heterocycles. The number of sulfonamides is 1. The predicted molar refractivity (Wildman–Crippen MR) is 258 cm³/mol. The van der Waals surface area contributed by atoms with E-state index in [0.29, 0.717) is 76.4 Å². The van der Waals surface area contributed by atoms with Gasteiger partial charge in [0.2, 0.25) is 30.8 Å². The number of amides is 2. The van der Waals surface area contributed by atoms with Crippen molar-refractivity contribution in [1.29, 1.82) is 0 Å². The maximum absolute atomic E-state index is 13.1. The number of carbonyl (C=O) groups excluding carboxylic acids is 2. The number of nitrogens with two attached hydrogens (primary N) is 1. The van der Waals surface area contributed by atoms with Crippen LogP contribution in [-0.4, -0.2) is 65.2 Å². The lowest BCUT2D eigenvalue weighted by molar-refractivity contribution is 0.0956. The number of fused-ring (bicyclic) bond motifs is 2. The van der Waals surface area contributed by atoms with Gasteiger partial charge in [-0.3, -0.25) is 14.3 Å². The van der Waals surface area contributed by atoms with E-state index >= 15 is 0 Å². The van der Waals surface area contributed by atoms with Gasteiger partial charge < -0.3 is 34.7 Å². The molecule has 4 heterocycles. The summed E-state index contributed by atoms with van der Waals surface area (Å²) in [5.74, 6) is 0.706. The highest BCUT2D eigenvalue weighted by Crippen LogP contribution is 2.40. The Kier molecular flexibility index (Phi) is 15.6. The number of hydrogen-bond donors (Lipinski definition) is 4. The molecule has 16 nitrogen and oxygen atoms in total. The van der Waals surface area contributed by atoms with Crippen molar-refractivity contribution in [3.05, 3.63) is 141 Å². The van der Waals surface area contributed by atoms with E-state index in [1.807, 2.05) is 0 Å². The molecule has 67 heavy (non-hydrogen) atoms. The molecule has 23 heteroatoms. The van der Waals surface area contributed by atoms with Crippen molar-refractivity contribution in [2.24, 2.45) is 0 Å². The minimum atomic E-state index is -3.52. The van der Waals surface area contributed by atoms with Crippen molar-refractivity contribution in [2.75, 3.05) is 37.1 Å². The van der Waals surface area contributed by atoms with Gasteiger partial charge >= 0.3 is 0 Å². The van der Waals surface area contributed by atoms with Crippen LogP contribution in [0.1, 0.15) is 20.7 Å². The molecule has 5 N–H and O–H groups in total. The second kappa shape index (κ2) is 20.9.